The number of hydrogen-bond acceptors (Lipinski definition) is 0. The fraction of sp³-hybridized carbons (Fsp3) is 0.882. The third kappa shape index (κ3) is 7.74. The van der Waals surface area contributed by atoms with Crippen molar-refractivity contribution in [3.63, 3.8) is 0 Å². The van der Waals surface area contributed by atoms with Gasteiger partial charge in [0.2, 0.25) is 0 Å². The quantitative estimate of drug-likeness (QED) is 0.329. The van der Waals surface area contributed by atoms with Gasteiger partial charge in [-0.3, -0.25) is 0 Å². The van der Waals surface area contributed by atoms with Crippen LogP contribution in [-0.4, -0.2) is 0 Å². The Labute approximate surface area is 216 Å². The molecule has 1 saturated carbocycles. The summed E-state index contributed by atoms with van der Waals surface area (Å²) in [6, 6.07) is 0. The molecule has 0 amide bonds. The van der Waals surface area contributed by atoms with Gasteiger partial charge >= 0.3 is 0 Å². The zero-order chi connectivity index (χ0) is 27.3. The highest BCUT2D eigenvalue weighted by Gasteiger charge is 2.50. The monoisotopic (exact) mass is 473 g/mol. The lowest BCUT2D eigenvalue weighted by atomic mass is 9.59. The van der Waals surface area contributed by atoms with E-state index in [9.17, 15) is 0 Å². The van der Waals surface area contributed by atoms with Crippen molar-refractivity contribution in [1.29, 1.82) is 0 Å². The summed E-state index contributed by atoms with van der Waals surface area (Å²) >= 11 is 0. The highest BCUT2D eigenvalue weighted by Crippen LogP contribution is 2.58. The SMILES string of the molecule is CC(C)(C)C1=CC=C(C(C)(C)C)C1C(C)(C)C.CC(C)(C)C1CCC(C(C)(C)C)C1C(C)(C)C. The molecule has 2 atom stereocenters. The lowest BCUT2D eigenvalue weighted by molar-refractivity contribution is 0.0300. The van der Waals surface area contributed by atoms with E-state index in [0.717, 1.165) is 17.8 Å². The van der Waals surface area contributed by atoms with E-state index in [1.165, 1.54) is 12.8 Å². The van der Waals surface area contributed by atoms with Crippen LogP contribution in [0, 0.1) is 56.2 Å². The lowest BCUT2D eigenvalue weighted by Gasteiger charge is -2.45. The van der Waals surface area contributed by atoms with Gasteiger partial charge in [-0.15, -0.1) is 0 Å². The van der Waals surface area contributed by atoms with Crippen LogP contribution in [0.4, 0.5) is 0 Å². The van der Waals surface area contributed by atoms with Gasteiger partial charge in [-0.2, -0.15) is 0 Å². The van der Waals surface area contributed by atoms with Crippen LogP contribution in [0.15, 0.2) is 23.3 Å². The predicted molar refractivity (Wildman–Crippen MR) is 156 cm³/mol. The lowest BCUT2D eigenvalue weighted by Crippen LogP contribution is -2.39. The fourth-order valence-corrected chi connectivity index (χ4v) is 6.99. The first kappa shape index (κ1) is 31.5. The maximum atomic E-state index is 2.44. The van der Waals surface area contributed by atoms with Crippen LogP contribution < -0.4 is 0 Å². The summed E-state index contributed by atoms with van der Waals surface area (Å²) in [5.41, 5.74) is 5.37. The highest BCUT2D eigenvalue weighted by atomic mass is 14.5. The second-order valence-electron chi connectivity index (χ2n) is 18.0. The molecule has 2 aliphatic carbocycles. The third-order valence-electron chi connectivity index (χ3n) is 8.54. The number of allylic oxidation sites excluding steroid dienone is 4. The van der Waals surface area contributed by atoms with Crippen LogP contribution in [0.3, 0.4) is 0 Å². The summed E-state index contributed by atoms with van der Waals surface area (Å²) in [5, 5.41) is 0. The highest BCUT2D eigenvalue weighted by molar-refractivity contribution is 5.41. The van der Waals surface area contributed by atoms with E-state index in [-0.39, 0.29) is 10.8 Å². The van der Waals surface area contributed by atoms with E-state index in [1.54, 1.807) is 11.1 Å². The van der Waals surface area contributed by atoms with Crippen molar-refractivity contribution in [2.75, 3.05) is 0 Å². The van der Waals surface area contributed by atoms with Crippen molar-refractivity contribution in [1.82, 2.24) is 0 Å². The Balaban J connectivity index is 0.000000340. The van der Waals surface area contributed by atoms with Gasteiger partial charge in [-0.05, 0) is 63.1 Å². The van der Waals surface area contributed by atoms with Gasteiger partial charge in [-0.25, -0.2) is 0 Å². The van der Waals surface area contributed by atoms with Gasteiger partial charge in [0.05, 0.1) is 0 Å². The standard InChI is InChI=1S/C17H34.C17H30/c2*1-15(2,3)12-10-11-13(16(4,5)6)14(12)17(7,8)9/h12-14H,10-11H2,1-9H3;10-11,14H,1-9H3. The van der Waals surface area contributed by atoms with Crippen molar-refractivity contribution < 1.29 is 0 Å². The molecule has 0 heteroatoms. The van der Waals surface area contributed by atoms with Crippen molar-refractivity contribution in [2.24, 2.45) is 56.2 Å². The third-order valence-corrected chi connectivity index (χ3v) is 8.54. The first-order valence-corrected chi connectivity index (χ1v) is 14.1. The molecule has 2 rings (SSSR count). The normalized spacial score (nSPS) is 25.6. The first-order chi connectivity index (χ1) is 14.7. The number of hydrogen-bond donors (Lipinski definition) is 0. The van der Waals surface area contributed by atoms with Gasteiger partial charge in [-0.1, -0.05) is 148 Å². The van der Waals surface area contributed by atoms with Gasteiger partial charge < -0.3 is 0 Å². The second-order valence-corrected chi connectivity index (χ2v) is 18.0. The average Bonchev–Trinajstić information content (AvgIpc) is 3.17. The Morgan fingerprint density at radius 3 is 0.912 bits per heavy atom. The molecule has 0 aliphatic heterocycles. The van der Waals surface area contributed by atoms with Crippen LogP contribution >= 0.6 is 0 Å². The molecule has 0 N–H and O–H groups in total. The van der Waals surface area contributed by atoms with E-state index in [1.807, 2.05) is 0 Å². The Morgan fingerprint density at radius 1 is 0.441 bits per heavy atom. The molecule has 200 valence electrons. The molecule has 2 unspecified atom stereocenters. The molecule has 0 radical (unpaired) electrons. The zero-order valence-electron chi connectivity index (χ0n) is 26.9. The van der Waals surface area contributed by atoms with Crippen LogP contribution in [0.5, 0.6) is 0 Å². The van der Waals surface area contributed by atoms with Crippen molar-refractivity contribution >= 4 is 0 Å². The largest absolute Gasteiger partial charge is 0.0619 e. The molecule has 0 saturated heterocycles. The maximum Gasteiger partial charge on any atom is 0.00723 e. The summed E-state index contributed by atoms with van der Waals surface area (Å²) in [5.74, 6) is 3.21. The molecular formula is C34H64. The van der Waals surface area contributed by atoms with E-state index in [0.29, 0.717) is 27.6 Å². The minimum Gasteiger partial charge on any atom is -0.0619 e. The van der Waals surface area contributed by atoms with Crippen molar-refractivity contribution in [2.45, 2.75) is 137 Å². The predicted octanol–water partition coefficient (Wildman–Crippen LogP) is 11.4. The minimum atomic E-state index is 0.265. The molecular weight excluding hydrogens is 408 g/mol. The Kier molecular flexibility index (Phi) is 9.03. The smallest absolute Gasteiger partial charge is 0.00723 e. The molecule has 34 heavy (non-hydrogen) atoms. The Morgan fingerprint density at radius 2 is 0.735 bits per heavy atom. The van der Waals surface area contributed by atoms with Crippen molar-refractivity contribution in [3.8, 4) is 0 Å². The van der Waals surface area contributed by atoms with E-state index in [4.69, 9.17) is 0 Å². The second kappa shape index (κ2) is 9.74. The zero-order valence-corrected chi connectivity index (χ0v) is 26.9. The van der Waals surface area contributed by atoms with E-state index < -0.39 is 0 Å². The molecule has 0 aromatic rings. The average molecular weight is 473 g/mol. The van der Waals surface area contributed by atoms with Crippen molar-refractivity contribution in [3.05, 3.63) is 23.3 Å². The molecule has 0 aromatic carbocycles. The molecule has 0 bridgehead atoms. The Bertz CT molecular complexity index is 677. The molecule has 0 aromatic heterocycles. The van der Waals surface area contributed by atoms with Crippen LogP contribution in [-0.2, 0) is 0 Å². The molecule has 2 aliphatic rings. The molecule has 0 spiro atoms. The summed E-state index contributed by atoms with van der Waals surface area (Å²) in [7, 11) is 0. The van der Waals surface area contributed by atoms with Gasteiger partial charge in [0.1, 0.15) is 0 Å². The van der Waals surface area contributed by atoms with Gasteiger partial charge in [0, 0.05) is 5.92 Å². The summed E-state index contributed by atoms with van der Waals surface area (Å²) in [6.45, 7) is 43.0. The van der Waals surface area contributed by atoms with Crippen LogP contribution in [0.2, 0.25) is 0 Å². The van der Waals surface area contributed by atoms with E-state index in [2.05, 4.69) is 137 Å². The molecule has 0 heterocycles. The number of rotatable bonds is 0. The molecule has 0 nitrogen and oxygen atoms in total. The maximum absolute atomic E-state index is 2.44. The summed E-state index contributed by atoms with van der Waals surface area (Å²) in [6.07, 6.45) is 7.59. The summed E-state index contributed by atoms with van der Waals surface area (Å²) in [4.78, 5) is 0. The summed E-state index contributed by atoms with van der Waals surface area (Å²) < 4.78 is 0. The molecule has 1 fully saturated rings. The van der Waals surface area contributed by atoms with Crippen LogP contribution in [0.1, 0.15) is 137 Å². The van der Waals surface area contributed by atoms with Gasteiger partial charge in [0.25, 0.3) is 0 Å². The first-order valence-electron chi connectivity index (χ1n) is 14.1. The minimum absolute atomic E-state index is 0.265. The Hall–Kier alpha value is -0.520. The van der Waals surface area contributed by atoms with E-state index >= 15 is 0 Å². The van der Waals surface area contributed by atoms with Crippen LogP contribution in [0.25, 0.3) is 0 Å². The van der Waals surface area contributed by atoms with Gasteiger partial charge in [0.15, 0.2) is 0 Å². The fourth-order valence-electron chi connectivity index (χ4n) is 6.99. The topological polar surface area (TPSA) is 0 Å².